The number of benzene rings is 3. The molecule has 2 aromatic heterocycles. The van der Waals surface area contributed by atoms with Gasteiger partial charge in [0.2, 0.25) is 0 Å². The lowest BCUT2D eigenvalue weighted by molar-refractivity contribution is 0.199. The number of methoxy groups -OCH3 is 1. The van der Waals surface area contributed by atoms with E-state index in [4.69, 9.17) is 14.5 Å². The Bertz CT molecular complexity index is 1480. The average molecular weight is 528 g/mol. The molecule has 0 atom stereocenters. The summed E-state index contributed by atoms with van der Waals surface area (Å²) in [7, 11) is 1.70. The van der Waals surface area contributed by atoms with Gasteiger partial charge in [-0.15, -0.1) is 0 Å². The lowest BCUT2D eigenvalue weighted by atomic mass is 10.1. The Hall–Kier alpha value is -3.89. The molecule has 5 aromatic rings. The van der Waals surface area contributed by atoms with Crippen LogP contribution in [0, 0.1) is 0 Å². The Kier molecular flexibility index (Phi) is 8.52. The molecule has 3 N–H and O–H groups in total. The van der Waals surface area contributed by atoms with E-state index in [1.54, 1.807) is 7.11 Å². The molecule has 0 aliphatic carbocycles. The van der Waals surface area contributed by atoms with Crippen LogP contribution >= 0.6 is 11.3 Å². The van der Waals surface area contributed by atoms with Gasteiger partial charge >= 0.3 is 0 Å². The van der Waals surface area contributed by atoms with E-state index in [0.717, 1.165) is 39.7 Å². The smallest absolute Gasteiger partial charge is 0.161 e. The second-order valence-electron chi connectivity index (χ2n) is 8.64. The topological polar surface area (TPSA) is 101 Å². The van der Waals surface area contributed by atoms with Crippen molar-refractivity contribution >= 4 is 33.2 Å². The van der Waals surface area contributed by atoms with Crippen molar-refractivity contribution in [2.75, 3.05) is 25.6 Å². The van der Waals surface area contributed by atoms with Crippen molar-refractivity contribution in [1.29, 1.82) is 0 Å². The van der Waals surface area contributed by atoms with Crippen molar-refractivity contribution in [1.82, 2.24) is 20.3 Å². The first-order valence-corrected chi connectivity index (χ1v) is 13.1. The van der Waals surface area contributed by atoms with Crippen LogP contribution in [0.1, 0.15) is 16.7 Å². The average Bonchev–Trinajstić information content (AvgIpc) is 3.41. The van der Waals surface area contributed by atoms with Gasteiger partial charge in [-0.3, -0.25) is 0 Å². The third-order valence-corrected chi connectivity index (χ3v) is 6.95. The maximum Gasteiger partial charge on any atom is 0.161 e. The number of aliphatic hydroxyl groups excluding tert-OH is 1. The van der Waals surface area contributed by atoms with Crippen LogP contribution < -0.4 is 15.4 Å². The maximum absolute atomic E-state index is 9.94. The van der Waals surface area contributed by atoms with Crippen molar-refractivity contribution in [3.05, 3.63) is 95.8 Å². The van der Waals surface area contributed by atoms with Crippen LogP contribution in [0.2, 0.25) is 0 Å². The first-order valence-electron chi connectivity index (χ1n) is 12.3. The third kappa shape index (κ3) is 6.32. The lowest BCUT2D eigenvalue weighted by Crippen LogP contribution is -2.18. The van der Waals surface area contributed by atoms with Crippen molar-refractivity contribution in [3.8, 4) is 16.3 Å². The molecule has 2 heterocycles. The molecule has 3 aromatic carbocycles. The molecule has 0 amide bonds. The van der Waals surface area contributed by atoms with Crippen LogP contribution in [0.25, 0.3) is 20.9 Å². The Morgan fingerprint density at radius 2 is 1.79 bits per heavy atom. The van der Waals surface area contributed by atoms with E-state index in [2.05, 4.69) is 44.9 Å². The number of fused-ring (bicyclic) bond motifs is 1. The molecule has 38 heavy (non-hydrogen) atoms. The molecule has 0 radical (unpaired) electrons. The molecule has 0 saturated heterocycles. The summed E-state index contributed by atoms with van der Waals surface area (Å²) in [4.78, 5) is 14.5. The van der Waals surface area contributed by atoms with Gasteiger partial charge in [-0.25, -0.2) is 15.0 Å². The van der Waals surface area contributed by atoms with Gasteiger partial charge in [0.15, 0.2) is 5.82 Å². The van der Waals surface area contributed by atoms with Crippen molar-refractivity contribution in [2.45, 2.75) is 19.8 Å². The first kappa shape index (κ1) is 25.7. The second-order valence-corrected chi connectivity index (χ2v) is 9.62. The van der Waals surface area contributed by atoms with Gasteiger partial charge in [0.1, 0.15) is 34.0 Å². The van der Waals surface area contributed by atoms with E-state index in [0.29, 0.717) is 35.9 Å². The van der Waals surface area contributed by atoms with Crippen LogP contribution in [-0.2, 0) is 24.5 Å². The standard InChI is InChI=1S/C29H29N5O3S/c1-36-14-13-30-16-20-7-9-22(10-8-20)28-34-26-27(31-19-32-29(26)38-28)33-24-11-12-25(23(15-24)17-35)37-18-21-5-3-2-4-6-21/h2-12,15,19,30,35H,13-14,16-18H2,1H3,(H,31,32,33). The van der Waals surface area contributed by atoms with Crippen LogP contribution in [0.3, 0.4) is 0 Å². The summed E-state index contributed by atoms with van der Waals surface area (Å²) in [6, 6.07) is 23.9. The van der Waals surface area contributed by atoms with Gasteiger partial charge in [0.05, 0.1) is 13.2 Å². The summed E-state index contributed by atoms with van der Waals surface area (Å²) in [6.45, 7) is 2.58. The number of nitrogens with one attached hydrogen (secondary N) is 2. The molecule has 194 valence electrons. The van der Waals surface area contributed by atoms with Gasteiger partial charge in [-0.1, -0.05) is 65.9 Å². The summed E-state index contributed by atoms with van der Waals surface area (Å²) in [5, 5.41) is 17.5. The number of ether oxygens (including phenoxy) is 2. The number of thiazole rings is 1. The number of aromatic nitrogens is 3. The van der Waals surface area contributed by atoms with Gasteiger partial charge in [0, 0.05) is 37.0 Å². The van der Waals surface area contributed by atoms with Crippen molar-refractivity contribution < 1.29 is 14.6 Å². The minimum Gasteiger partial charge on any atom is -0.489 e. The molecule has 0 saturated carbocycles. The second kappa shape index (κ2) is 12.6. The molecule has 0 spiro atoms. The Labute approximate surface area is 225 Å². The van der Waals surface area contributed by atoms with Crippen molar-refractivity contribution in [3.63, 3.8) is 0 Å². The molecular formula is C29H29N5O3S. The Morgan fingerprint density at radius 3 is 2.58 bits per heavy atom. The molecule has 8 nitrogen and oxygen atoms in total. The molecule has 0 unspecified atom stereocenters. The quantitative estimate of drug-likeness (QED) is 0.188. The largest absolute Gasteiger partial charge is 0.489 e. The number of rotatable bonds is 12. The molecular weight excluding hydrogens is 498 g/mol. The number of anilines is 2. The molecule has 9 heteroatoms. The summed E-state index contributed by atoms with van der Waals surface area (Å²) >= 11 is 1.53. The number of aliphatic hydroxyl groups is 1. The Balaban J connectivity index is 1.30. The number of hydrogen-bond acceptors (Lipinski definition) is 9. The lowest BCUT2D eigenvalue weighted by Gasteiger charge is -2.13. The summed E-state index contributed by atoms with van der Waals surface area (Å²) in [5.41, 5.74) is 5.46. The third-order valence-electron chi connectivity index (χ3n) is 5.94. The highest BCUT2D eigenvalue weighted by Gasteiger charge is 2.13. The van der Waals surface area contributed by atoms with Crippen LogP contribution in [-0.4, -0.2) is 40.3 Å². The molecule has 5 rings (SSSR count). The zero-order valence-electron chi connectivity index (χ0n) is 21.1. The van der Waals surface area contributed by atoms with E-state index < -0.39 is 0 Å². The van der Waals surface area contributed by atoms with E-state index in [1.807, 2.05) is 48.5 Å². The van der Waals surface area contributed by atoms with Gasteiger partial charge in [-0.2, -0.15) is 0 Å². The van der Waals surface area contributed by atoms with Crippen LogP contribution in [0.4, 0.5) is 11.5 Å². The zero-order valence-corrected chi connectivity index (χ0v) is 21.9. The summed E-state index contributed by atoms with van der Waals surface area (Å²) in [5.74, 6) is 1.25. The Morgan fingerprint density at radius 1 is 0.947 bits per heavy atom. The highest BCUT2D eigenvalue weighted by molar-refractivity contribution is 7.21. The molecule has 0 fully saturated rings. The fraction of sp³-hybridized carbons (Fsp3) is 0.207. The highest BCUT2D eigenvalue weighted by Crippen LogP contribution is 2.33. The van der Waals surface area contributed by atoms with E-state index in [1.165, 1.54) is 23.2 Å². The zero-order chi connectivity index (χ0) is 26.2. The first-order chi connectivity index (χ1) is 18.7. The predicted molar refractivity (Wildman–Crippen MR) is 151 cm³/mol. The van der Waals surface area contributed by atoms with Gasteiger partial charge < -0.3 is 25.2 Å². The van der Waals surface area contributed by atoms with E-state index >= 15 is 0 Å². The molecule has 0 bridgehead atoms. The van der Waals surface area contributed by atoms with Crippen LogP contribution in [0.5, 0.6) is 5.75 Å². The van der Waals surface area contributed by atoms with Gasteiger partial charge in [0.25, 0.3) is 0 Å². The minimum atomic E-state index is -0.141. The maximum atomic E-state index is 9.94. The fourth-order valence-electron chi connectivity index (χ4n) is 3.93. The summed E-state index contributed by atoms with van der Waals surface area (Å²) in [6.07, 6.45) is 1.53. The molecule has 0 aliphatic rings. The van der Waals surface area contributed by atoms with Crippen LogP contribution in [0.15, 0.2) is 79.1 Å². The minimum absolute atomic E-state index is 0.141. The number of hydrogen-bond donors (Lipinski definition) is 3. The predicted octanol–water partition coefficient (Wildman–Crippen LogP) is 5.30. The normalized spacial score (nSPS) is 11.1. The summed E-state index contributed by atoms with van der Waals surface area (Å²) < 4.78 is 11.0. The van der Waals surface area contributed by atoms with E-state index in [-0.39, 0.29) is 6.61 Å². The van der Waals surface area contributed by atoms with Gasteiger partial charge in [-0.05, 0) is 29.3 Å². The SMILES string of the molecule is COCCNCc1ccc(-c2nc3c(Nc4ccc(OCc5ccccc5)c(CO)c4)ncnc3s2)cc1. The van der Waals surface area contributed by atoms with Crippen molar-refractivity contribution in [2.24, 2.45) is 0 Å². The highest BCUT2D eigenvalue weighted by atomic mass is 32.1. The monoisotopic (exact) mass is 527 g/mol. The molecule has 0 aliphatic heterocycles. The number of nitrogens with zero attached hydrogens (tertiary/aromatic N) is 3. The fourth-order valence-corrected chi connectivity index (χ4v) is 4.85. The van der Waals surface area contributed by atoms with E-state index in [9.17, 15) is 5.11 Å².